The quantitative estimate of drug-likeness (QED) is 0.412. The molecule has 3 saturated heterocycles. The van der Waals surface area contributed by atoms with E-state index in [1.54, 1.807) is 6.92 Å². The molecule has 7 heteroatoms. The highest BCUT2D eigenvalue weighted by Crippen LogP contribution is 2.66. The fraction of sp³-hybridized carbons (Fsp3) is 0.900. The summed E-state index contributed by atoms with van der Waals surface area (Å²) in [6, 6.07) is 0. The van der Waals surface area contributed by atoms with Gasteiger partial charge in [0.05, 0.1) is 0 Å². The van der Waals surface area contributed by atoms with Gasteiger partial charge in [-0.1, -0.05) is 6.58 Å². The molecule has 0 aromatic carbocycles. The molecule has 7 nitrogen and oxygen atoms in total. The van der Waals surface area contributed by atoms with Crippen molar-refractivity contribution in [2.75, 3.05) is 6.61 Å². The van der Waals surface area contributed by atoms with Crippen molar-refractivity contribution in [1.82, 2.24) is 0 Å². The average Bonchev–Trinajstić information content (AvgIpc) is 3.44. The molecule has 11 fully saturated rings. The molecule has 11 aliphatic rings. The Bertz CT molecular complexity index is 965. The van der Waals surface area contributed by atoms with Gasteiger partial charge in [0.1, 0.15) is 31.0 Å². The Hall–Kier alpha value is -0.990. The topological polar surface area (TPSA) is 72.5 Å². The molecule has 0 unspecified atom stereocenters. The number of carbonyl (C=O) groups is 1. The van der Waals surface area contributed by atoms with Gasteiger partial charge in [-0.05, 0) is 94.8 Å². The van der Waals surface area contributed by atoms with E-state index in [4.69, 9.17) is 28.4 Å². The van der Waals surface area contributed by atoms with E-state index in [2.05, 4.69) is 6.58 Å². The maximum absolute atomic E-state index is 12.3. The highest BCUT2D eigenvalue weighted by atomic mass is 16.9. The molecule has 0 radical (unpaired) electrons. The molecule has 37 heavy (non-hydrogen) atoms. The van der Waals surface area contributed by atoms with Gasteiger partial charge >= 0.3 is 5.97 Å². The standard InChI is InChI=1S/C30H40O7/c1-14(2)27(31)32-13-23-24-25(35-29(34-24)19-5-15-3-16(7-19)8-20(29)6-15)26-28(33-23)37-30(36-26)21-9-17-4-18(11-21)12-22(30)10-17/h15-26,28H,1,3-13H2,2H3/t15?,16?,17?,18?,19?,20?,21?,22?,23-,24+,25+,26-,28-,29?,30?/m1/s1. The van der Waals surface area contributed by atoms with Crippen molar-refractivity contribution >= 4 is 5.97 Å². The Balaban J connectivity index is 1.04. The van der Waals surface area contributed by atoms with Gasteiger partial charge in [-0.15, -0.1) is 0 Å². The third-order valence-corrected chi connectivity index (χ3v) is 12.1. The van der Waals surface area contributed by atoms with Crippen LogP contribution in [0.3, 0.4) is 0 Å². The monoisotopic (exact) mass is 512 g/mol. The molecule has 3 heterocycles. The number of rotatable bonds is 3. The summed E-state index contributed by atoms with van der Waals surface area (Å²) in [5, 5.41) is 0. The second-order valence-electron chi connectivity index (χ2n) is 14.3. The summed E-state index contributed by atoms with van der Waals surface area (Å²) < 4.78 is 40.4. The molecular formula is C30H40O7. The third-order valence-electron chi connectivity index (χ3n) is 12.1. The molecular weight excluding hydrogens is 472 g/mol. The summed E-state index contributed by atoms with van der Waals surface area (Å²) in [4.78, 5) is 12.3. The fourth-order valence-corrected chi connectivity index (χ4v) is 11.1. The van der Waals surface area contributed by atoms with Crippen LogP contribution < -0.4 is 0 Å². The number of carbonyl (C=O) groups excluding carboxylic acids is 1. The van der Waals surface area contributed by atoms with Crippen LogP contribution in [-0.4, -0.2) is 54.9 Å². The van der Waals surface area contributed by atoms with Gasteiger partial charge in [-0.3, -0.25) is 0 Å². The molecule has 5 atom stereocenters. The van der Waals surface area contributed by atoms with Gasteiger partial charge in [0.2, 0.25) is 0 Å². The Labute approximate surface area is 218 Å². The molecule has 0 aromatic rings. The Kier molecular flexibility index (Phi) is 4.68. The van der Waals surface area contributed by atoms with E-state index in [1.165, 1.54) is 64.2 Å². The van der Waals surface area contributed by atoms with Crippen molar-refractivity contribution in [1.29, 1.82) is 0 Å². The number of esters is 1. The maximum atomic E-state index is 12.3. The van der Waals surface area contributed by atoms with Crippen LogP contribution in [0.5, 0.6) is 0 Å². The van der Waals surface area contributed by atoms with Crippen molar-refractivity contribution in [3.05, 3.63) is 12.2 Å². The van der Waals surface area contributed by atoms with Crippen LogP contribution in [0, 0.1) is 47.3 Å². The van der Waals surface area contributed by atoms with E-state index in [1.807, 2.05) is 0 Å². The van der Waals surface area contributed by atoms with Crippen LogP contribution in [0.4, 0.5) is 0 Å². The first-order chi connectivity index (χ1) is 17.9. The number of fused-ring (bicyclic) bond motifs is 3. The van der Waals surface area contributed by atoms with Crippen LogP contribution in [-0.2, 0) is 33.2 Å². The van der Waals surface area contributed by atoms with Crippen LogP contribution in [0.15, 0.2) is 12.2 Å². The first kappa shape index (κ1) is 22.8. The van der Waals surface area contributed by atoms with Gasteiger partial charge in [0.25, 0.3) is 0 Å². The SMILES string of the molecule is C=C(C)C(=O)OC[C@H]1O[C@@H]2OC3(O[C@@H]2[C@H]2OC4(O[C@H]21)C1CC2CC(C1)CC4C2)C1CC2CC(C1)CC3C2. The van der Waals surface area contributed by atoms with E-state index >= 15 is 0 Å². The highest BCUT2D eigenvalue weighted by molar-refractivity contribution is 5.86. The lowest BCUT2D eigenvalue weighted by atomic mass is 9.53. The zero-order chi connectivity index (χ0) is 24.7. The Morgan fingerprint density at radius 3 is 1.68 bits per heavy atom. The summed E-state index contributed by atoms with van der Waals surface area (Å²) in [5.41, 5.74) is 0.388. The molecule has 8 saturated carbocycles. The summed E-state index contributed by atoms with van der Waals surface area (Å²) in [7, 11) is 0. The van der Waals surface area contributed by atoms with E-state index in [0.29, 0.717) is 29.2 Å². The smallest absolute Gasteiger partial charge is 0.333 e. The number of hydrogen-bond donors (Lipinski definition) is 0. The van der Waals surface area contributed by atoms with Crippen molar-refractivity contribution in [3.8, 4) is 0 Å². The molecule has 202 valence electrons. The zero-order valence-electron chi connectivity index (χ0n) is 21.8. The molecule has 0 N–H and O–H groups in total. The van der Waals surface area contributed by atoms with Crippen LogP contribution in [0.1, 0.15) is 71.1 Å². The second kappa shape index (κ2) is 7.60. The predicted octanol–water partition coefficient (Wildman–Crippen LogP) is 4.33. The summed E-state index contributed by atoms with van der Waals surface area (Å²) >= 11 is 0. The normalized spacial score (nSPS) is 59.8. The molecule has 8 aliphatic carbocycles. The van der Waals surface area contributed by atoms with E-state index in [0.717, 1.165) is 23.7 Å². The van der Waals surface area contributed by atoms with Crippen LogP contribution in [0.25, 0.3) is 0 Å². The van der Waals surface area contributed by atoms with E-state index in [-0.39, 0.29) is 24.9 Å². The molecule has 2 spiro atoms. The van der Waals surface area contributed by atoms with E-state index in [9.17, 15) is 4.79 Å². The molecule has 0 aromatic heterocycles. The minimum absolute atomic E-state index is 0.115. The minimum Gasteiger partial charge on any atom is -0.459 e. The van der Waals surface area contributed by atoms with Crippen LogP contribution >= 0.6 is 0 Å². The number of hydrogen-bond acceptors (Lipinski definition) is 7. The minimum atomic E-state index is -0.556. The van der Waals surface area contributed by atoms with Crippen molar-refractivity contribution in [3.63, 3.8) is 0 Å². The summed E-state index contributed by atoms with van der Waals surface area (Å²) in [6.45, 7) is 5.53. The lowest BCUT2D eigenvalue weighted by Crippen LogP contribution is -2.59. The molecule has 3 aliphatic heterocycles. The Morgan fingerprint density at radius 2 is 1.16 bits per heavy atom. The first-order valence-corrected chi connectivity index (χ1v) is 15.1. The van der Waals surface area contributed by atoms with Crippen molar-refractivity contribution < 1.29 is 33.2 Å². The largest absolute Gasteiger partial charge is 0.459 e. The third kappa shape index (κ3) is 3.04. The van der Waals surface area contributed by atoms with Crippen molar-refractivity contribution in [2.24, 2.45) is 47.3 Å². The second-order valence-corrected chi connectivity index (χ2v) is 14.3. The van der Waals surface area contributed by atoms with E-state index < -0.39 is 29.9 Å². The predicted molar refractivity (Wildman–Crippen MR) is 130 cm³/mol. The first-order valence-electron chi connectivity index (χ1n) is 15.1. The fourth-order valence-electron chi connectivity index (χ4n) is 11.1. The summed E-state index contributed by atoms with van der Waals surface area (Å²) in [5.74, 6) is 3.53. The molecule has 0 amide bonds. The molecule has 8 bridgehead atoms. The lowest BCUT2D eigenvalue weighted by Gasteiger charge is -2.58. The Morgan fingerprint density at radius 1 is 0.703 bits per heavy atom. The maximum Gasteiger partial charge on any atom is 0.333 e. The zero-order valence-corrected chi connectivity index (χ0v) is 21.8. The average molecular weight is 513 g/mol. The van der Waals surface area contributed by atoms with Gasteiger partial charge in [-0.25, -0.2) is 4.79 Å². The lowest BCUT2D eigenvalue weighted by molar-refractivity contribution is -0.325. The number of ether oxygens (including phenoxy) is 6. The van der Waals surface area contributed by atoms with Crippen molar-refractivity contribution in [2.45, 2.75) is 113 Å². The van der Waals surface area contributed by atoms with Crippen LogP contribution in [0.2, 0.25) is 0 Å². The summed E-state index contributed by atoms with van der Waals surface area (Å²) in [6.07, 6.45) is 10.5. The van der Waals surface area contributed by atoms with Gasteiger partial charge < -0.3 is 28.4 Å². The molecule has 11 rings (SSSR count). The van der Waals surface area contributed by atoms with Gasteiger partial charge in [-0.2, -0.15) is 0 Å². The highest BCUT2D eigenvalue weighted by Gasteiger charge is 2.72. The van der Waals surface area contributed by atoms with Gasteiger partial charge in [0, 0.05) is 29.2 Å². The van der Waals surface area contributed by atoms with Gasteiger partial charge in [0.15, 0.2) is 17.9 Å².